The summed E-state index contributed by atoms with van der Waals surface area (Å²) in [6, 6.07) is 0.0441. The van der Waals surface area contributed by atoms with Gasteiger partial charge in [-0.05, 0) is 32.7 Å². The molecule has 15 heavy (non-hydrogen) atoms. The predicted octanol–water partition coefficient (Wildman–Crippen LogP) is 0.280. The summed E-state index contributed by atoms with van der Waals surface area (Å²) >= 11 is 0. The topological polar surface area (TPSA) is 50.4 Å². The summed E-state index contributed by atoms with van der Waals surface area (Å²) in [5.74, 6) is 0.655. The number of rotatable bonds is 3. The van der Waals surface area contributed by atoms with Gasteiger partial charge in [-0.2, -0.15) is 0 Å². The van der Waals surface area contributed by atoms with E-state index in [1.807, 2.05) is 0 Å². The Morgan fingerprint density at radius 3 is 3.00 bits per heavy atom. The van der Waals surface area contributed by atoms with Crippen LogP contribution in [0.4, 0.5) is 0 Å². The van der Waals surface area contributed by atoms with Crippen LogP contribution in [0.25, 0.3) is 0 Å². The van der Waals surface area contributed by atoms with Gasteiger partial charge in [0, 0.05) is 19.1 Å². The van der Waals surface area contributed by atoms with Crippen LogP contribution in [-0.4, -0.2) is 37.7 Å². The third-order valence-corrected chi connectivity index (χ3v) is 3.45. The molecule has 2 unspecified atom stereocenters. The average molecular weight is 212 g/mol. The SMILES string of the molecule is CC1OCCC1CNC(=O)[C@H]1CCCN1. The summed E-state index contributed by atoms with van der Waals surface area (Å²) < 4.78 is 5.46. The van der Waals surface area contributed by atoms with E-state index in [2.05, 4.69) is 17.6 Å². The molecule has 3 atom stereocenters. The van der Waals surface area contributed by atoms with E-state index >= 15 is 0 Å². The Balaban J connectivity index is 1.70. The minimum atomic E-state index is 0.0441. The van der Waals surface area contributed by atoms with E-state index in [-0.39, 0.29) is 11.9 Å². The van der Waals surface area contributed by atoms with Crippen molar-refractivity contribution in [3.05, 3.63) is 0 Å². The highest BCUT2D eigenvalue weighted by atomic mass is 16.5. The molecule has 0 aromatic carbocycles. The van der Waals surface area contributed by atoms with E-state index in [0.29, 0.717) is 12.0 Å². The normalized spacial score (nSPS) is 35.7. The fourth-order valence-electron chi connectivity index (χ4n) is 2.31. The lowest BCUT2D eigenvalue weighted by molar-refractivity contribution is -0.123. The van der Waals surface area contributed by atoms with Crippen LogP contribution in [0, 0.1) is 5.92 Å². The van der Waals surface area contributed by atoms with E-state index in [4.69, 9.17) is 4.74 Å². The molecule has 0 aliphatic carbocycles. The van der Waals surface area contributed by atoms with Crippen LogP contribution in [0.2, 0.25) is 0 Å². The molecule has 2 aliphatic heterocycles. The number of nitrogens with one attached hydrogen (secondary N) is 2. The number of carbonyl (C=O) groups excluding carboxylic acids is 1. The molecule has 4 nitrogen and oxygen atoms in total. The molecule has 2 rings (SSSR count). The molecule has 0 aromatic heterocycles. The molecule has 86 valence electrons. The summed E-state index contributed by atoms with van der Waals surface area (Å²) in [6.45, 7) is 4.65. The van der Waals surface area contributed by atoms with Crippen molar-refractivity contribution in [3.63, 3.8) is 0 Å². The highest BCUT2D eigenvalue weighted by Gasteiger charge is 2.26. The van der Waals surface area contributed by atoms with Gasteiger partial charge in [0.25, 0.3) is 0 Å². The van der Waals surface area contributed by atoms with Gasteiger partial charge in [0.1, 0.15) is 0 Å². The van der Waals surface area contributed by atoms with Crippen molar-refractivity contribution < 1.29 is 9.53 Å². The Kier molecular flexibility index (Phi) is 3.59. The summed E-state index contributed by atoms with van der Waals surface area (Å²) in [5.41, 5.74) is 0. The number of amides is 1. The first kappa shape index (κ1) is 10.9. The van der Waals surface area contributed by atoms with Crippen molar-refractivity contribution in [1.82, 2.24) is 10.6 Å². The van der Waals surface area contributed by atoms with Gasteiger partial charge >= 0.3 is 0 Å². The zero-order valence-electron chi connectivity index (χ0n) is 9.29. The van der Waals surface area contributed by atoms with E-state index in [0.717, 1.165) is 39.0 Å². The third kappa shape index (κ3) is 2.69. The van der Waals surface area contributed by atoms with E-state index in [1.54, 1.807) is 0 Å². The fourth-order valence-corrected chi connectivity index (χ4v) is 2.31. The minimum absolute atomic E-state index is 0.0441. The van der Waals surface area contributed by atoms with Gasteiger partial charge in [-0.1, -0.05) is 0 Å². The summed E-state index contributed by atoms with van der Waals surface area (Å²) in [6.07, 6.45) is 3.45. The molecular weight excluding hydrogens is 192 g/mol. The number of hydrogen-bond acceptors (Lipinski definition) is 3. The Labute approximate surface area is 90.8 Å². The maximum atomic E-state index is 11.7. The second kappa shape index (κ2) is 4.94. The minimum Gasteiger partial charge on any atom is -0.378 e. The molecule has 0 aromatic rings. The van der Waals surface area contributed by atoms with Gasteiger partial charge in [-0.3, -0.25) is 4.79 Å². The maximum absolute atomic E-state index is 11.7. The second-order valence-electron chi connectivity index (χ2n) is 4.52. The molecule has 0 radical (unpaired) electrons. The van der Waals surface area contributed by atoms with Crippen LogP contribution in [0.5, 0.6) is 0 Å². The van der Waals surface area contributed by atoms with Crippen LogP contribution in [0.3, 0.4) is 0 Å². The first-order chi connectivity index (χ1) is 7.27. The highest BCUT2D eigenvalue weighted by molar-refractivity contribution is 5.81. The van der Waals surface area contributed by atoms with Crippen molar-refractivity contribution in [2.75, 3.05) is 19.7 Å². The molecule has 2 saturated heterocycles. The molecule has 0 spiro atoms. The van der Waals surface area contributed by atoms with Crippen molar-refractivity contribution in [1.29, 1.82) is 0 Å². The zero-order valence-corrected chi connectivity index (χ0v) is 9.29. The van der Waals surface area contributed by atoms with Crippen LogP contribution in [-0.2, 0) is 9.53 Å². The Hall–Kier alpha value is -0.610. The van der Waals surface area contributed by atoms with Gasteiger partial charge in [-0.15, -0.1) is 0 Å². The van der Waals surface area contributed by atoms with Crippen LogP contribution < -0.4 is 10.6 Å². The largest absolute Gasteiger partial charge is 0.378 e. The van der Waals surface area contributed by atoms with Gasteiger partial charge in [0.15, 0.2) is 0 Å². The summed E-state index contributed by atoms with van der Waals surface area (Å²) in [4.78, 5) is 11.7. The average Bonchev–Trinajstić information content (AvgIpc) is 2.85. The van der Waals surface area contributed by atoms with E-state index in [9.17, 15) is 4.79 Å². The molecule has 2 heterocycles. The predicted molar refractivity (Wildman–Crippen MR) is 57.6 cm³/mol. The molecule has 2 N–H and O–H groups in total. The first-order valence-corrected chi connectivity index (χ1v) is 5.90. The zero-order chi connectivity index (χ0) is 10.7. The van der Waals surface area contributed by atoms with Crippen molar-refractivity contribution in [2.24, 2.45) is 5.92 Å². The third-order valence-electron chi connectivity index (χ3n) is 3.45. The molecule has 2 aliphatic rings. The van der Waals surface area contributed by atoms with E-state index in [1.165, 1.54) is 0 Å². The molecular formula is C11H20N2O2. The van der Waals surface area contributed by atoms with E-state index < -0.39 is 0 Å². The smallest absolute Gasteiger partial charge is 0.237 e. The quantitative estimate of drug-likeness (QED) is 0.706. The van der Waals surface area contributed by atoms with Crippen molar-refractivity contribution >= 4 is 5.91 Å². The highest BCUT2D eigenvalue weighted by Crippen LogP contribution is 2.19. The van der Waals surface area contributed by atoms with Crippen LogP contribution >= 0.6 is 0 Å². The number of carbonyl (C=O) groups is 1. The maximum Gasteiger partial charge on any atom is 0.237 e. The Bertz CT molecular complexity index is 227. The summed E-state index contributed by atoms with van der Waals surface area (Å²) in [5, 5.41) is 6.22. The summed E-state index contributed by atoms with van der Waals surface area (Å²) in [7, 11) is 0. The molecule has 4 heteroatoms. The monoisotopic (exact) mass is 212 g/mol. The Morgan fingerprint density at radius 1 is 1.53 bits per heavy atom. The standard InChI is InChI=1S/C11H20N2O2/c1-8-9(4-6-15-8)7-13-11(14)10-3-2-5-12-10/h8-10,12H,2-7H2,1H3,(H,13,14)/t8?,9?,10-/m1/s1. The van der Waals surface area contributed by atoms with Gasteiger partial charge in [0.2, 0.25) is 5.91 Å². The van der Waals surface area contributed by atoms with Crippen LogP contribution in [0.15, 0.2) is 0 Å². The number of hydrogen-bond donors (Lipinski definition) is 2. The lowest BCUT2D eigenvalue weighted by Crippen LogP contribution is -2.42. The van der Waals surface area contributed by atoms with Gasteiger partial charge < -0.3 is 15.4 Å². The first-order valence-electron chi connectivity index (χ1n) is 5.90. The van der Waals surface area contributed by atoms with Crippen molar-refractivity contribution in [3.8, 4) is 0 Å². The molecule has 1 amide bonds. The molecule has 2 fully saturated rings. The second-order valence-corrected chi connectivity index (χ2v) is 4.52. The van der Waals surface area contributed by atoms with Gasteiger partial charge in [-0.25, -0.2) is 0 Å². The van der Waals surface area contributed by atoms with Crippen LogP contribution in [0.1, 0.15) is 26.2 Å². The lowest BCUT2D eigenvalue weighted by atomic mass is 10.0. The van der Waals surface area contributed by atoms with Crippen molar-refractivity contribution in [2.45, 2.75) is 38.3 Å². The molecule has 0 bridgehead atoms. The van der Waals surface area contributed by atoms with Gasteiger partial charge in [0.05, 0.1) is 12.1 Å². The lowest BCUT2D eigenvalue weighted by Gasteiger charge is -2.16. The number of ether oxygens (including phenoxy) is 1. The fraction of sp³-hybridized carbons (Fsp3) is 0.909. The Morgan fingerprint density at radius 2 is 2.40 bits per heavy atom. The molecule has 0 saturated carbocycles.